The highest BCUT2D eigenvalue weighted by Crippen LogP contribution is 1.92. The van der Waals surface area contributed by atoms with Crippen LogP contribution in [0.3, 0.4) is 0 Å². The Labute approximate surface area is 58.6 Å². The largest absolute Gasteiger partial charge is 0.361 e. The van der Waals surface area contributed by atoms with E-state index in [1.165, 1.54) is 6.20 Å². The molecule has 1 heterocycles. The Hall–Kier alpha value is -1.39. The molecule has 0 atom stereocenters. The van der Waals surface area contributed by atoms with Crippen LogP contribution in [-0.2, 0) is 0 Å². The van der Waals surface area contributed by atoms with Crippen molar-refractivity contribution in [1.29, 1.82) is 5.41 Å². The van der Waals surface area contributed by atoms with Gasteiger partial charge < -0.3 is 4.90 Å². The molecule has 1 aromatic rings. The number of rotatable bonds is 1. The maximum absolute atomic E-state index is 7.40. The first-order valence-electron chi connectivity index (χ1n) is 2.84. The highest BCUT2D eigenvalue weighted by Gasteiger charge is 2.04. The van der Waals surface area contributed by atoms with E-state index >= 15 is 0 Å². The molecule has 0 fully saturated rings. The van der Waals surface area contributed by atoms with E-state index in [0.29, 0.717) is 11.5 Å². The molecule has 0 bridgehead atoms. The Kier molecular flexibility index (Phi) is 1.66. The van der Waals surface area contributed by atoms with Crippen molar-refractivity contribution in [3.63, 3.8) is 0 Å². The third kappa shape index (κ3) is 1.12. The second-order valence-electron chi connectivity index (χ2n) is 2.10. The first-order chi connectivity index (χ1) is 4.72. The lowest BCUT2D eigenvalue weighted by Gasteiger charge is -2.09. The molecule has 0 radical (unpaired) electrons. The minimum atomic E-state index is 0.355. The summed E-state index contributed by atoms with van der Waals surface area (Å²) < 4.78 is 0. The van der Waals surface area contributed by atoms with Gasteiger partial charge in [0.2, 0.25) is 0 Å². The summed E-state index contributed by atoms with van der Waals surface area (Å²) in [6.45, 7) is 0. The molecule has 5 heteroatoms. The third-order valence-electron chi connectivity index (χ3n) is 1.10. The molecule has 0 amide bonds. The maximum Gasteiger partial charge on any atom is 0.150 e. The molecule has 5 nitrogen and oxygen atoms in total. The normalized spacial score (nSPS) is 9.40. The average Bonchev–Trinajstić information content (AvgIpc) is 2.36. The molecule has 0 saturated heterocycles. The molecule has 2 N–H and O–H groups in total. The number of hydrogen-bond acceptors (Lipinski definition) is 3. The summed E-state index contributed by atoms with van der Waals surface area (Å²) in [5.41, 5.74) is 0.560. The highest BCUT2D eigenvalue weighted by molar-refractivity contribution is 5.93. The first kappa shape index (κ1) is 6.73. The van der Waals surface area contributed by atoms with Gasteiger partial charge >= 0.3 is 0 Å². The summed E-state index contributed by atoms with van der Waals surface area (Å²) in [5, 5.41) is 17.2. The molecule has 0 saturated carbocycles. The van der Waals surface area contributed by atoms with Gasteiger partial charge in [-0.15, -0.1) is 0 Å². The van der Waals surface area contributed by atoms with Gasteiger partial charge in [0, 0.05) is 14.1 Å². The number of H-pyrrole nitrogens is 1. The molecule has 0 aromatic carbocycles. The van der Waals surface area contributed by atoms with E-state index in [1.54, 1.807) is 19.0 Å². The number of aromatic amines is 1. The zero-order valence-corrected chi connectivity index (χ0v) is 5.92. The zero-order valence-electron chi connectivity index (χ0n) is 5.92. The number of amidine groups is 1. The molecule has 1 rings (SSSR count). The summed E-state index contributed by atoms with van der Waals surface area (Å²) in [5.74, 6) is 0.355. The predicted molar refractivity (Wildman–Crippen MR) is 36.9 cm³/mol. The topological polar surface area (TPSA) is 68.7 Å². The van der Waals surface area contributed by atoms with Crippen molar-refractivity contribution in [3.05, 3.63) is 11.9 Å². The van der Waals surface area contributed by atoms with Crippen LogP contribution in [0.1, 0.15) is 5.69 Å². The lowest BCUT2D eigenvalue weighted by Crippen LogP contribution is -2.21. The van der Waals surface area contributed by atoms with Crippen LogP contribution >= 0.6 is 0 Å². The van der Waals surface area contributed by atoms with Crippen LogP contribution in [0.4, 0.5) is 0 Å². The first-order valence-corrected chi connectivity index (χ1v) is 2.84. The van der Waals surface area contributed by atoms with Crippen LogP contribution in [0, 0.1) is 5.41 Å². The Bertz CT molecular complexity index is 212. The lowest BCUT2D eigenvalue weighted by molar-refractivity contribution is 0.616. The van der Waals surface area contributed by atoms with Crippen LogP contribution in [0.25, 0.3) is 0 Å². The molecule has 1 aromatic heterocycles. The van der Waals surface area contributed by atoms with E-state index in [4.69, 9.17) is 5.41 Å². The molecule has 0 aliphatic carbocycles. The van der Waals surface area contributed by atoms with Gasteiger partial charge in [0.05, 0.1) is 6.20 Å². The predicted octanol–water partition coefficient (Wildman–Crippen LogP) is -0.308. The minimum absolute atomic E-state index is 0.355. The second-order valence-corrected chi connectivity index (χ2v) is 2.10. The van der Waals surface area contributed by atoms with Crippen molar-refractivity contribution in [2.75, 3.05) is 14.1 Å². The van der Waals surface area contributed by atoms with Gasteiger partial charge in [-0.25, -0.2) is 0 Å². The highest BCUT2D eigenvalue weighted by atomic mass is 15.3. The van der Waals surface area contributed by atoms with E-state index in [9.17, 15) is 0 Å². The minimum Gasteiger partial charge on any atom is -0.361 e. The van der Waals surface area contributed by atoms with Crippen LogP contribution in [0.5, 0.6) is 0 Å². The van der Waals surface area contributed by atoms with Gasteiger partial charge in [-0.05, 0) is 0 Å². The van der Waals surface area contributed by atoms with Gasteiger partial charge in [0.25, 0.3) is 0 Å². The Morgan fingerprint density at radius 2 is 2.40 bits per heavy atom. The zero-order chi connectivity index (χ0) is 7.56. The van der Waals surface area contributed by atoms with Crippen molar-refractivity contribution in [2.45, 2.75) is 0 Å². The van der Waals surface area contributed by atoms with Crippen molar-refractivity contribution < 1.29 is 0 Å². The monoisotopic (exact) mass is 139 g/mol. The van der Waals surface area contributed by atoms with E-state index in [2.05, 4.69) is 15.4 Å². The van der Waals surface area contributed by atoms with Crippen LogP contribution in [0.2, 0.25) is 0 Å². The van der Waals surface area contributed by atoms with E-state index in [-0.39, 0.29) is 0 Å². The Morgan fingerprint density at radius 1 is 1.70 bits per heavy atom. The van der Waals surface area contributed by atoms with Gasteiger partial charge in [-0.3, -0.25) is 5.41 Å². The molecular weight excluding hydrogens is 130 g/mol. The van der Waals surface area contributed by atoms with Gasteiger partial charge in [-0.2, -0.15) is 15.4 Å². The third-order valence-corrected chi connectivity index (χ3v) is 1.10. The van der Waals surface area contributed by atoms with E-state index in [1.807, 2.05) is 0 Å². The molecule has 0 spiro atoms. The summed E-state index contributed by atoms with van der Waals surface area (Å²) in [6.07, 6.45) is 1.52. The van der Waals surface area contributed by atoms with Crippen molar-refractivity contribution in [2.24, 2.45) is 0 Å². The van der Waals surface area contributed by atoms with Crippen LogP contribution < -0.4 is 0 Å². The fraction of sp³-hybridized carbons (Fsp3) is 0.400. The quantitative estimate of drug-likeness (QED) is 0.414. The van der Waals surface area contributed by atoms with Gasteiger partial charge in [-0.1, -0.05) is 0 Å². The molecule has 10 heavy (non-hydrogen) atoms. The molecule has 0 unspecified atom stereocenters. The van der Waals surface area contributed by atoms with Gasteiger partial charge in [0.15, 0.2) is 0 Å². The number of hydrogen-bond donors (Lipinski definition) is 2. The molecular formula is C5H9N5. The number of nitrogens with zero attached hydrogens (tertiary/aromatic N) is 3. The van der Waals surface area contributed by atoms with Crippen molar-refractivity contribution in [3.8, 4) is 0 Å². The van der Waals surface area contributed by atoms with Gasteiger partial charge in [0.1, 0.15) is 11.5 Å². The summed E-state index contributed by atoms with van der Waals surface area (Å²) in [6, 6.07) is 0. The van der Waals surface area contributed by atoms with E-state index < -0.39 is 0 Å². The van der Waals surface area contributed by atoms with Crippen LogP contribution in [-0.4, -0.2) is 40.2 Å². The Balaban J connectivity index is 2.78. The average molecular weight is 139 g/mol. The van der Waals surface area contributed by atoms with Crippen LogP contribution in [0.15, 0.2) is 6.20 Å². The lowest BCUT2D eigenvalue weighted by atomic mass is 10.4. The summed E-state index contributed by atoms with van der Waals surface area (Å²) >= 11 is 0. The summed E-state index contributed by atoms with van der Waals surface area (Å²) in [7, 11) is 3.58. The SMILES string of the molecule is CN(C)C(=N)c1cn[nH]n1. The van der Waals surface area contributed by atoms with Crippen molar-refractivity contribution >= 4 is 5.84 Å². The maximum atomic E-state index is 7.40. The summed E-state index contributed by atoms with van der Waals surface area (Å²) in [4.78, 5) is 1.66. The standard InChI is InChI=1S/C5H9N5/c1-10(2)5(6)4-3-7-9-8-4/h3,6H,1-2H3,(H,7,8,9). The fourth-order valence-electron chi connectivity index (χ4n) is 0.545. The van der Waals surface area contributed by atoms with Crippen molar-refractivity contribution in [1.82, 2.24) is 20.3 Å². The molecule has 0 aliphatic rings. The smallest absolute Gasteiger partial charge is 0.150 e. The second kappa shape index (κ2) is 2.47. The molecule has 54 valence electrons. The Morgan fingerprint density at radius 3 is 2.80 bits per heavy atom. The molecule has 0 aliphatic heterocycles. The number of nitrogens with one attached hydrogen (secondary N) is 2. The number of aromatic nitrogens is 3. The van der Waals surface area contributed by atoms with E-state index in [0.717, 1.165) is 0 Å². The fourth-order valence-corrected chi connectivity index (χ4v) is 0.545.